The molecule has 3 aromatic rings. The first-order valence-corrected chi connectivity index (χ1v) is 8.25. The van der Waals surface area contributed by atoms with Crippen LogP contribution in [0.25, 0.3) is 11.0 Å². The van der Waals surface area contributed by atoms with Gasteiger partial charge in [0.15, 0.2) is 0 Å². The zero-order valence-electron chi connectivity index (χ0n) is 12.9. The Morgan fingerprint density at radius 1 is 1.29 bits per heavy atom. The Morgan fingerprint density at radius 3 is 2.96 bits per heavy atom. The van der Waals surface area contributed by atoms with Crippen LogP contribution in [0.3, 0.4) is 0 Å². The summed E-state index contributed by atoms with van der Waals surface area (Å²) < 4.78 is 5.66. The third kappa shape index (κ3) is 2.88. The van der Waals surface area contributed by atoms with E-state index in [0.717, 1.165) is 36.3 Å². The topological polar surface area (TPSA) is 67.0 Å². The minimum Gasteiger partial charge on any atom is -0.370 e. The highest BCUT2D eigenvalue weighted by atomic mass is 35.5. The molecule has 0 radical (unpaired) electrons. The number of anilines is 1. The molecule has 2 N–H and O–H groups in total. The maximum Gasteiger partial charge on any atom is 0.257 e. The lowest BCUT2D eigenvalue weighted by Gasteiger charge is -2.06. The molecule has 1 atom stereocenters. The van der Waals surface area contributed by atoms with Gasteiger partial charge in [-0.15, -0.1) is 0 Å². The quantitative estimate of drug-likeness (QED) is 0.745. The Hall–Kier alpha value is -2.37. The molecule has 0 unspecified atom stereocenters. The highest BCUT2D eigenvalue weighted by molar-refractivity contribution is 6.34. The van der Waals surface area contributed by atoms with E-state index in [-0.39, 0.29) is 12.0 Å². The number of imidazole rings is 1. The van der Waals surface area contributed by atoms with E-state index in [2.05, 4.69) is 15.3 Å². The molecule has 2 aromatic carbocycles. The highest BCUT2D eigenvalue weighted by Gasteiger charge is 2.21. The van der Waals surface area contributed by atoms with Crippen molar-refractivity contribution in [3.8, 4) is 0 Å². The molecule has 0 spiro atoms. The number of carbonyl (C=O) groups is 1. The molecule has 1 aromatic heterocycles. The number of H-pyrrole nitrogens is 1. The second-order valence-electron chi connectivity index (χ2n) is 5.79. The number of benzene rings is 2. The Labute approximate surface area is 144 Å². The molecule has 6 heteroatoms. The van der Waals surface area contributed by atoms with Crippen LogP contribution >= 0.6 is 11.6 Å². The van der Waals surface area contributed by atoms with Gasteiger partial charge >= 0.3 is 0 Å². The summed E-state index contributed by atoms with van der Waals surface area (Å²) in [6.45, 7) is 0.779. The van der Waals surface area contributed by atoms with Crippen molar-refractivity contribution < 1.29 is 9.53 Å². The van der Waals surface area contributed by atoms with Gasteiger partial charge in [-0.25, -0.2) is 4.98 Å². The van der Waals surface area contributed by atoms with Gasteiger partial charge in [-0.3, -0.25) is 4.79 Å². The van der Waals surface area contributed by atoms with Gasteiger partial charge in [-0.05, 0) is 43.2 Å². The molecule has 122 valence electrons. The summed E-state index contributed by atoms with van der Waals surface area (Å²) in [6.07, 6.45) is 2.08. The number of hydrogen-bond acceptors (Lipinski definition) is 3. The monoisotopic (exact) mass is 341 g/mol. The molecular formula is C18H16ClN3O2. The number of nitrogens with one attached hydrogen (secondary N) is 2. The van der Waals surface area contributed by atoms with Crippen LogP contribution in [0.15, 0.2) is 42.5 Å². The van der Waals surface area contributed by atoms with Crippen molar-refractivity contribution in [2.45, 2.75) is 18.9 Å². The molecule has 1 aliphatic heterocycles. The highest BCUT2D eigenvalue weighted by Crippen LogP contribution is 2.29. The first kappa shape index (κ1) is 15.2. The molecule has 4 rings (SSSR count). The molecule has 1 aliphatic rings. The largest absolute Gasteiger partial charge is 0.370 e. The number of nitrogens with zero attached hydrogens (tertiary/aromatic N) is 1. The fraction of sp³-hybridized carbons (Fsp3) is 0.222. The van der Waals surface area contributed by atoms with Crippen molar-refractivity contribution in [2.24, 2.45) is 0 Å². The molecule has 0 aliphatic carbocycles. The van der Waals surface area contributed by atoms with Crippen molar-refractivity contribution in [1.29, 1.82) is 0 Å². The normalized spacial score (nSPS) is 17.3. The van der Waals surface area contributed by atoms with Crippen molar-refractivity contribution in [2.75, 3.05) is 11.9 Å². The maximum absolute atomic E-state index is 12.3. The van der Waals surface area contributed by atoms with E-state index in [1.54, 1.807) is 24.3 Å². The summed E-state index contributed by atoms with van der Waals surface area (Å²) in [7, 11) is 0. The summed E-state index contributed by atoms with van der Waals surface area (Å²) in [5.41, 5.74) is 2.87. The van der Waals surface area contributed by atoms with Crippen molar-refractivity contribution >= 4 is 34.2 Å². The molecule has 24 heavy (non-hydrogen) atoms. The van der Waals surface area contributed by atoms with Gasteiger partial charge in [-0.1, -0.05) is 23.7 Å². The Balaban J connectivity index is 1.58. The Bertz CT molecular complexity index is 900. The lowest BCUT2D eigenvalue weighted by molar-refractivity contribution is 0.102. The predicted molar refractivity (Wildman–Crippen MR) is 93.4 cm³/mol. The summed E-state index contributed by atoms with van der Waals surface area (Å²) in [4.78, 5) is 20.2. The van der Waals surface area contributed by atoms with Gasteiger partial charge in [-0.2, -0.15) is 0 Å². The SMILES string of the molecule is O=C(Nc1ccc2nc([C@H]3CCCO3)[nH]c2c1)c1ccccc1Cl. The second kappa shape index (κ2) is 6.26. The Morgan fingerprint density at radius 2 is 2.17 bits per heavy atom. The fourth-order valence-corrected chi connectivity index (χ4v) is 3.12. The van der Waals surface area contributed by atoms with Crippen LogP contribution in [-0.2, 0) is 4.74 Å². The van der Waals surface area contributed by atoms with Gasteiger partial charge in [0.1, 0.15) is 11.9 Å². The van der Waals surface area contributed by atoms with E-state index in [1.807, 2.05) is 18.2 Å². The van der Waals surface area contributed by atoms with E-state index in [0.29, 0.717) is 16.3 Å². The summed E-state index contributed by atoms with van der Waals surface area (Å²) in [5, 5.41) is 3.30. The lowest BCUT2D eigenvalue weighted by Crippen LogP contribution is -2.12. The minimum absolute atomic E-state index is 0.0403. The lowest BCUT2D eigenvalue weighted by atomic mass is 10.2. The van der Waals surface area contributed by atoms with E-state index in [9.17, 15) is 4.79 Å². The smallest absolute Gasteiger partial charge is 0.257 e. The predicted octanol–water partition coefficient (Wildman–Crippen LogP) is 4.32. The number of aromatic nitrogens is 2. The fourth-order valence-electron chi connectivity index (χ4n) is 2.90. The molecule has 1 amide bonds. The van der Waals surface area contributed by atoms with Crippen molar-refractivity contribution in [1.82, 2.24) is 9.97 Å². The number of amides is 1. The molecule has 2 heterocycles. The number of aromatic amines is 1. The average Bonchev–Trinajstić information content (AvgIpc) is 3.24. The molecule has 1 saturated heterocycles. The summed E-state index contributed by atoms with van der Waals surface area (Å²) in [6, 6.07) is 12.6. The molecular weight excluding hydrogens is 326 g/mol. The summed E-state index contributed by atoms with van der Waals surface area (Å²) >= 11 is 6.07. The van der Waals surface area contributed by atoms with Crippen LogP contribution in [0, 0.1) is 0 Å². The third-order valence-electron chi connectivity index (χ3n) is 4.11. The molecule has 5 nitrogen and oxygen atoms in total. The number of carbonyl (C=O) groups excluding carboxylic acids is 1. The van der Waals surface area contributed by atoms with E-state index in [1.165, 1.54) is 0 Å². The van der Waals surface area contributed by atoms with Crippen LogP contribution in [0.2, 0.25) is 5.02 Å². The molecule has 1 fully saturated rings. The Kier molecular flexibility index (Phi) is 3.96. The maximum atomic E-state index is 12.3. The average molecular weight is 342 g/mol. The van der Waals surface area contributed by atoms with Crippen LogP contribution in [0.1, 0.15) is 35.1 Å². The van der Waals surface area contributed by atoms with Crippen LogP contribution in [-0.4, -0.2) is 22.5 Å². The number of rotatable bonds is 3. The van der Waals surface area contributed by atoms with Crippen LogP contribution < -0.4 is 5.32 Å². The van der Waals surface area contributed by atoms with E-state index in [4.69, 9.17) is 16.3 Å². The van der Waals surface area contributed by atoms with Crippen molar-refractivity contribution in [3.63, 3.8) is 0 Å². The van der Waals surface area contributed by atoms with Gasteiger partial charge in [0.25, 0.3) is 5.91 Å². The molecule has 0 bridgehead atoms. The number of fused-ring (bicyclic) bond motifs is 1. The summed E-state index contributed by atoms with van der Waals surface area (Å²) in [5.74, 6) is 0.607. The van der Waals surface area contributed by atoms with Gasteiger partial charge in [0.2, 0.25) is 0 Å². The minimum atomic E-state index is -0.237. The standard InChI is InChI=1S/C18H16ClN3O2/c19-13-5-2-1-4-12(13)18(23)20-11-7-8-14-15(10-11)22-17(21-14)16-6-3-9-24-16/h1-2,4-5,7-8,10,16H,3,6,9H2,(H,20,23)(H,21,22)/t16-/m1/s1. The first-order valence-electron chi connectivity index (χ1n) is 7.88. The zero-order valence-corrected chi connectivity index (χ0v) is 13.6. The van der Waals surface area contributed by atoms with Gasteiger partial charge < -0.3 is 15.0 Å². The van der Waals surface area contributed by atoms with Crippen LogP contribution in [0.4, 0.5) is 5.69 Å². The first-order chi connectivity index (χ1) is 11.7. The zero-order chi connectivity index (χ0) is 16.5. The number of hydrogen-bond donors (Lipinski definition) is 2. The van der Waals surface area contributed by atoms with Gasteiger partial charge in [0, 0.05) is 12.3 Å². The number of ether oxygens (including phenoxy) is 1. The van der Waals surface area contributed by atoms with Crippen LogP contribution in [0.5, 0.6) is 0 Å². The van der Waals surface area contributed by atoms with E-state index < -0.39 is 0 Å². The van der Waals surface area contributed by atoms with Crippen molar-refractivity contribution in [3.05, 3.63) is 58.9 Å². The second-order valence-corrected chi connectivity index (χ2v) is 6.20. The number of halogens is 1. The van der Waals surface area contributed by atoms with Gasteiger partial charge in [0.05, 0.1) is 21.6 Å². The van der Waals surface area contributed by atoms with E-state index >= 15 is 0 Å². The molecule has 0 saturated carbocycles. The third-order valence-corrected chi connectivity index (χ3v) is 4.44.